The molecule has 6 heteroatoms. The molecule has 0 saturated carbocycles. The number of aliphatic carboxylic acids is 2. The minimum atomic E-state index is -1.24. The van der Waals surface area contributed by atoms with Crippen LogP contribution in [0.5, 0.6) is 0 Å². The quantitative estimate of drug-likeness (QED) is 0.608. The first kappa shape index (κ1) is 25.4. The van der Waals surface area contributed by atoms with E-state index in [4.69, 9.17) is 0 Å². The first-order chi connectivity index (χ1) is 14.7. The molecule has 0 bridgehead atoms. The van der Waals surface area contributed by atoms with Gasteiger partial charge in [-0.05, 0) is 40.7 Å². The summed E-state index contributed by atoms with van der Waals surface area (Å²) in [5.41, 5.74) is -1.03. The van der Waals surface area contributed by atoms with E-state index in [1.807, 2.05) is 49.4 Å². The molecule has 2 atom stereocenters. The number of amides is 1. The van der Waals surface area contributed by atoms with E-state index in [0.717, 1.165) is 10.8 Å². The topological polar surface area (TPSA) is 94.9 Å². The van der Waals surface area contributed by atoms with Crippen molar-refractivity contribution in [3.05, 3.63) is 42.5 Å². The highest BCUT2D eigenvalue weighted by molar-refractivity contribution is 6.01. The second-order valence-electron chi connectivity index (χ2n) is 10.5. The Morgan fingerprint density at radius 3 is 1.69 bits per heavy atom. The van der Waals surface area contributed by atoms with Crippen LogP contribution >= 0.6 is 0 Å². The fraction of sp³-hybridized carbons (Fsp3) is 0.500. The molecule has 0 aromatic heterocycles. The molecule has 0 aliphatic heterocycles. The lowest BCUT2D eigenvalue weighted by atomic mass is 9.62. The summed E-state index contributed by atoms with van der Waals surface area (Å²) in [4.78, 5) is 40.3. The van der Waals surface area contributed by atoms with Crippen LogP contribution in [-0.4, -0.2) is 34.6 Å². The standard InChI is InChI=1S/C26H35NO5/c1-8-27(18-14-13-16-11-9-10-12-17(16)15-18)22(28)19(20(23(29)30)25(2,3)4)21(24(31)32)26(5,6)7/h9-15,19-21H,8H2,1-7H3,(H,29,30)(H,31,32). The zero-order valence-electron chi connectivity index (χ0n) is 20.0. The lowest BCUT2D eigenvalue weighted by Crippen LogP contribution is -2.53. The van der Waals surface area contributed by atoms with Gasteiger partial charge in [-0.15, -0.1) is 0 Å². The largest absolute Gasteiger partial charge is 0.481 e. The predicted octanol–water partition coefficient (Wildman–Crippen LogP) is 5.30. The maximum Gasteiger partial charge on any atom is 0.307 e. The molecule has 2 aromatic carbocycles. The van der Waals surface area contributed by atoms with E-state index < -0.39 is 46.4 Å². The lowest BCUT2D eigenvalue weighted by Gasteiger charge is -2.42. The van der Waals surface area contributed by atoms with E-state index in [0.29, 0.717) is 12.2 Å². The Bertz CT molecular complexity index is 967. The second-order valence-corrected chi connectivity index (χ2v) is 10.5. The van der Waals surface area contributed by atoms with Crippen molar-refractivity contribution in [2.24, 2.45) is 28.6 Å². The first-order valence-electron chi connectivity index (χ1n) is 11.0. The molecule has 0 radical (unpaired) electrons. The van der Waals surface area contributed by atoms with Crippen LogP contribution < -0.4 is 4.90 Å². The van der Waals surface area contributed by atoms with E-state index >= 15 is 0 Å². The normalized spacial score (nSPS) is 15.1. The smallest absolute Gasteiger partial charge is 0.307 e. The van der Waals surface area contributed by atoms with Crippen molar-refractivity contribution >= 4 is 34.3 Å². The summed E-state index contributed by atoms with van der Waals surface area (Å²) in [6.07, 6.45) is 0. The van der Waals surface area contributed by atoms with Crippen LogP contribution in [0.4, 0.5) is 5.69 Å². The second kappa shape index (κ2) is 9.31. The Labute approximate surface area is 190 Å². The van der Waals surface area contributed by atoms with Gasteiger partial charge in [0.15, 0.2) is 0 Å². The van der Waals surface area contributed by atoms with Gasteiger partial charge in [0.05, 0.1) is 17.8 Å². The van der Waals surface area contributed by atoms with Crippen molar-refractivity contribution in [2.75, 3.05) is 11.4 Å². The Morgan fingerprint density at radius 2 is 1.28 bits per heavy atom. The van der Waals surface area contributed by atoms with Crippen LogP contribution in [-0.2, 0) is 14.4 Å². The van der Waals surface area contributed by atoms with Gasteiger partial charge in [-0.3, -0.25) is 14.4 Å². The van der Waals surface area contributed by atoms with Gasteiger partial charge >= 0.3 is 11.9 Å². The summed E-state index contributed by atoms with van der Waals surface area (Å²) in [5, 5.41) is 22.2. The molecule has 0 fully saturated rings. The number of carboxylic acids is 2. The third kappa shape index (κ3) is 5.29. The van der Waals surface area contributed by atoms with E-state index in [1.165, 1.54) is 4.90 Å². The fourth-order valence-electron chi connectivity index (χ4n) is 4.59. The molecule has 0 saturated heterocycles. The highest BCUT2D eigenvalue weighted by atomic mass is 16.4. The third-order valence-corrected chi connectivity index (χ3v) is 6.03. The zero-order chi connectivity index (χ0) is 24.4. The van der Waals surface area contributed by atoms with Gasteiger partial charge in [0.1, 0.15) is 0 Å². The van der Waals surface area contributed by atoms with Gasteiger partial charge in [-0.25, -0.2) is 0 Å². The van der Waals surface area contributed by atoms with Crippen LogP contribution in [0.2, 0.25) is 0 Å². The minimum Gasteiger partial charge on any atom is -0.481 e. The van der Waals surface area contributed by atoms with Crippen molar-refractivity contribution in [2.45, 2.75) is 48.5 Å². The molecule has 0 heterocycles. The maximum atomic E-state index is 14.0. The Morgan fingerprint density at radius 1 is 0.812 bits per heavy atom. The number of carbonyl (C=O) groups is 3. The summed E-state index contributed by atoms with van der Waals surface area (Å²) in [6, 6.07) is 13.4. The van der Waals surface area contributed by atoms with Crippen LogP contribution in [0.3, 0.4) is 0 Å². The summed E-state index contributed by atoms with van der Waals surface area (Å²) >= 11 is 0. The van der Waals surface area contributed by atoms with Gasteiger partial charge in [0.25, 0.3) is 0 Å². The molecule has 0 aliphatic carbocycles. The Hall–Kier alpha value is -2.89. The molecule has 0 aliphatic rings. The molecule has 2 N–H and O–H groups in total. The van der Waals surface area contributed by atoms with Gasteiger partial charge in [-0.1, -0.05) is 71.9 Å². The number of fused-ring (bicyclic) bond motifs is 1. The Kier molecular flexibility index (Phi) is 7.38. The summed E-state index contributed by atoms with van der Waals surface area (Å²) < 4.78 is 0. The van der Waals surface area contributed by atoms with Crippen LogP contribution in [0.25, 0.3) is 10.8 Å². The number of hydrogen-bond acceptors (Lipinski definition) is 3. The number of anilines is 1. The highest BCUT2D eigenvalue weighted by Crippen LogP contribution is 2.44. The van der Waals surface area contributed by atoms with Crippen molar-refractivity contribution in [1.29, 1.82) is 0 Å². The first-order valence-corrected chi connectivity index (χ1v) is 11.0. The van der Waals surface area contributed by atoms with Crippen molar-refractivity contribution in [3.8, 4) is 0 Å². The Balaban J connectivity index is 2.69. The molecule has 32 heavy (non-hydrogen) atoms. The monoisotopic (exact) mass is 441 g/mol. The third-order valence-electron chi connectivity index (χ3n) is 6.03. The van der Waals surface area contributed by atoms with E-state index in [-0.39, 0.29) is 0 Å². The average molecular weight is 442 g/mol. The highest BCUT2D eigenvalue weighted by Gasteiger charge is 2.52. The number of benzene rings is 2. The SMILES string of the molecule is CCN(C(=O)C(C(C(=O)O)C(C)(C)C)C(C(=O)O)C(C)(C)C)c1ccc2ccccc2c1. The lowest BCUT2D eigenvalue weighted by molar-refractivity contribution is -0.162. The molecule has 2 rings (SSSR count). The molecule has 174 valence electrons. The predicted molar refractivity (Wildman–Crippen MR) is 127 cm³/mol. The van der Waals surface area contributed by atoms with Crippen LogP contribution in [0, 0.1) is 28.6 Å². The van der Waals surface area contributed by atoms with Crippen molar-refractivity contribution in [3.63, 3.8) is 0 Å². The molecule has 2 unspecified atom stereocenters. The zero-order valence-corrected chi connectivity index (χ0v) is 20.0. The van der Waals surface area contributed by atoms with Crippen LogP contribution in [0.1, 0.15) is 48.5 Å². The van der Waals surface area contributed by atoms with Gasteiger partial charge in [0, 0.05) is 12.2 Å². The minimum absolute atomic E-state index is 0.292. The molecule has 2 aromatic rings. The van der Waals surface area contributed by atoms with Gasteiger partial charge in [0.2, 0.25) is 5.91 Å². The summed E-state index contributed by atoms with van der Waals surface area (Å²) in [7, 11) is 0. The van der Waals surface area contributed by atoms with Crippen molar-refractivity contribution in [1.82, 2.24) is 0 Å². The van der Waals surface area contributed by atoms with Gasteiger partial charge < -0.3 is 15.1 Å². The summed E-state index contributed by atoms with van der Waals surface area (Å²) in [6.45, 7) is 12.5. The van der Waals surface area contributed by atoms with Gasteiger partial charge in [-0.2, -0.15) is 0 Å². The van der Waals surface area contributed by atoms with Crippen molar-refractivity contribution < 1.29 is 24.6 Å². The van der Waals surface area contributed by atoms with E-state index in [9.17, 15) is 24.6 Å². The average Bonchev–Trinajstić information content (AvgIpc) is 2.65. The van der Waals surface area contributed by atoms with E-state index in [2.05, 4.69) is 0 Å². The molecule has 6 nitrogen and oxygen atoms in total. The molecule has 1 amide bonds. The number of nitrogens with zero attached hydrogens (tertiary/aromatic N) is 1. The number of carbonyl (C=O) groups excluding carboxylic acids is 1. The molecule has 0 spiro atoms. The number of hydrogen-bond donors (Lipinski definition) is 2. The molecular formula is C26H35NO5. The molecular weight excluding hydrogens is 406 g/mol. The summed E-state index contributed by atoms with van der Waals surface area (Å²) in [5.74, 6) is -6.40. The number of rotatable bonds is 7. The maximum absolute atomic E-state index is 14.0. The fourth-order valence-corrected chi connectivity index (χ4v) is 4.59. The number of carboxylic acid groups (broad SMARTS) is 2. The van der Waals surface area contributed by atoms with Crippen LogP contribution in [0.15, 0.2) is 42.5 Å². The van der Waals surface area contributed by atoms with E-state index in [1.54, 1.807) is 41.5 Å².